The van der Waals surface area contributed by atoms with Gasteiger partial charge in [0, 0.05) is 30.2 Å². The first-order valence-corrected chi connectivity index (χ1v) is 10.3. The van der Waals surface area contributed by atoms with Crippen molar-refractivity contribution < 1.29 is 9.59 Å². The van der Waals surface area contributed by atoms with E-state index in [0.717, 1.165) is 30.1 Å². The van der Waals surface area contributed by atoms with Crippen molar-refractivity contribution in [2.75, 3.05) is 41.7 Å². The predicted molar refractivity (Wildman–Crippen MR) is 111 cm³/mol. The van der Waals surface area contributed by atoms with Crippen molar-refractivity contribution in [3.63, 3.8) is 0 Å². The first-order valence-electron chi connectivity index (χ1n) is 9.28. The molecule has 5 nitrogen and oxygen atoms in total. The van der Waals surface area contributed by atoms with Crippen LogP contribution in [0, 0.1) is 0 Å². The van der Waals surface area contributed by atoms with Crippen molar-refractivity contribution in [2.24, 2.45) is 0 Å². The zero-order chi connectivity index (χ0) is 19.1. The molecule has 0 saturated heterocycles. The molecule has 27 heavy (non-hydrogen) atoms. The lowest BCUT2D eigenvalue weighted by atomic mass is 10.2. The Morgan fingerprint density at radius 3 is 2.67 bits per heavy atom. The Morgan fingerprint density at radius 2 is 1.89 bits per heavy atom. The molecule has 0 atom stereocenters. The standard InChI is InChI=1S/C21H25N3O2S/c1-2-23(17-9-4-3-5-10-17)14-8-13-22-20(25)15-24-18-11-6-7-12-19(18)27-16-21(24)26/h3-7,9-12H,2,8,13-16H2,1H3,(H,22,25). The van der Waals surface area contributed by atoms with E-state index in [4.69, 9.17) is 0 Å². The van der Waals surface area contributed by atoms with Gasteiger partial charge in [-0.25, -0.2) is 0 Å². The molecule has 2 amide bonds. The molecule has 1 aliphatic rings. The summed E-state index contributed by atoms with van der Waals surface area (Å²) in [7, 11) is 0. The Bertz CT molecular complexity index is 782. The number of fused-ring (bicyclic) bond motifs is 1. The van der Waals surface area contributed by atoms with Crippen molar-refractivity contribution in [1.82, 2.24) is 5.32 Å². The number of carbonyl (C=O) groups is 2. The van der Waals surface area contributed by atoms with Crippen LogP contribution in [-0.2, 0) is 9.59 Å². The number of nitrogens with one attached hydrogen (secondary N) is 1. The van der Waals surface area contributed by atoms with Crippen LogP contribution in [0.25, 0.3) is 0 Å². The van der Waals surface area contributed by atoms with Gasteiger partial charge in [0.05, 0.1) is 11.4 Å². The number of carbonyl (C=O) groups excluding carboxylic acids is 2. The van der Waals surface area contributed by atoms with Crippen LogP contribution in [-0.4, -0.2) is 43.7 Å². The fourth-order valence-electron chi connectivity index (χ4n) is 3.13. The Kier molecular flexibility index (Phi) is 6.76. The van der Waals surface area contributed by atoms with Crippen LogP contribution < -0.4 is 15.1 Å². The normalized spacial score (nSPS) is 13.2. The summed E-state index contributed by atoms with van der Waals surface area (Å²) in [5.41, 5.74) is 2.02. The van der Waals surface area contributed by atoms with Crippen molar-refractivity contribution >= 4 is 35.0 Å². The minimum atomic E-state index is -0.118. The molecule has 3 rings (SSSR count). The number of hydrogen-bond acceptors (Lipinski definition) is 4. The van der Waals surface area contributed by atoms with Gasteiger partial charge < -0.3 is 15.1 Å². The third-order valence-electron chi connectivity index (χ3n) is 4.54. The Morgan fingerprint density at radius 1 is 1.15 bits per heavy atom. The van der Waals surface area contributed by atoms with E-state index in [9.17, 15) is 9.59 Å². The van der Waals surface area contributed by atoms with E-state index in [2.05, 4.69) is 29.3 Å². The van der Waals surface area contributed by atoms with Crippen LogP contribution in [0.15, 0.2) is 59.5 Å². The molecule has 0 radical (unpaired) electrons. The lowest BCUT2D eigenvalue weighted by molar-refractivity contribution is -0.122. The Balaban J connectivity index is 1.47. The molecule has 0 unspecified atom stereocenters. The number of thioether (sulfide) groups is 1. The van der Waals surface area contributed by atoms with E-state index in [-0.39, 0.29) is 18.4 Å². The minimum absolute atomic E-state index is 0.0184. The topological polar surface area (TPSA) is 52.7 Å². The molecule has 0 bridgehead atoms. The maximum absolute atomic E-state index is 12.3. The number of para-hydroxylation sites is 2. The number of anilines is 2. The monoisotopic (exact) mass is 383 g/mol. The summed E-state index contributed by atoms with van der Waals surface area (Å²) in [5.74, 6) is 0.246. The van der Waals surface area contributed by atoms with Crippen LogP contribution in [0.1, 0.15) is 13.3 Å². The average Bonchev–Trinajstić information content (AvgIpc) is 2.71. The van der Waals surface area contributed by atoms with Crippen molar-refractivity contribution in [1.29, 1.82) is 0 Å². The van der Waals surface area contributed by atoms with Gasteiger partial charge in [-0.1, -0.05) is 30.3 Å². The minimum Gasteiger partial charge on any atom is -0.372 e. The first kappa shape index (κ1) is 19.3. The lowest BCUT2D eigenvalue weighted by Gasteiger charge is -2.28. The van der Waals surface area contributed by atoms with Crippen LogP contribution in [0.2, 0.25) is 0 Å². The van der Waals surface area contributed by atoms with Gasteiger partial charge in [-0.2, -0.15) is 0 Å². The molecule has 1 N–H and O–H groups in total. The summed E-state index contributed by atoms with van der Waals surface area (Å²) in [6.07, 6.45) is 0.856. The largest absolute Gasteiger partial charge is 0.372 e. The summed E-state index contributed by atoms with van der Waals surface area (Å²) in [6.45, 7) is 4.60. The van der Waals surface area contributed by atoms with Crippen molar-refractivity contribution in [3.05, 3.63) is 54.6 Å². The molecule has 6 heteroatoms. The number of rotatable bonds is 8. The fourth-order valence-corrected chi connectivity index (χ4v) is 4.07. The second kappa shape index (κ2) is 9.46. The quantitative estimate of drug-likeness (QED) is 0.712. The van der Waals surface area contributed by atoms with E-state index in [1.54, 1.807) is 4.90 Å². The molecule has 0 fully saturated rings. The van der Waals surface area contributed by atoms with E-state index in [1.807, 2.05) is 42.5 Å². The highest BCUT2D eigenvalue weighted by molar-refractivity contribution is 8.00. The van der Waals surface area contributed by atoms with E-state index >= 15 is 0 Å². The zero-order valence-corrected chi connectivity index (χ0v) is 16.4. The van der Waals surface area contributed by atoms with Crippen LogP contribution in [0.4, 0.5) is 11.4 Å². The molecule has 0 aromatic heterocycles. The maximum Gasteiger partial charge on any atom is 0.240 e. The van der Waals surface area contributed by atoms with Crippen molar-refractivity contribution in [2.45, 2.75) is 18.2 Å². The second-order valence-corrected chi connectivity index (χ2v) is 7.37. The predicted octanol–water partition coefficient (Wildman–Crippen LogP) is 3.16. The number of benzene rings is 2. The molecule has 2 aromatic carbocycles. The highest BCUT2D eigenvalue weighted by Gasteiger charge is 2.25. The summed E-state index contributed by atoms with van der Waals surface area (Å²) in [6, 6.07) is 18.0. The highest BCUT2D eigenvalue weighted by Crippen LogP contribution is 2.34. The zero-order valence-electron chi connectivity index (χ0n) is 15.6. The summed E-state index contributed by atoms with van der Waals surface area (Å²) >= 11 is 1.52. The van der Waals surface area contributed by atoms with Gasteiger partial charge in [0.1, 0.15) is 6.54 Å². The maximum atomic E-state index is 12.3. The molecule has 0 aliphatic carbocycles. The van der Waals surface area contributed by atoms with Crippen LogP contribution >= 0.6 is 11.8 Å². The van der Waals surface area contributed by atoms with Gasteiger partial charge in [-0.3, -0.25) is 9.59 Å². The van der Waals surface area contributed by atoms with E-state index in [1.165, 1.54) is 17.4 Å². The summed E-state index contributed by atoms with van der Waals surface area (Å²) < 4.78 is 0. The third kappa shape index (κ3) is 5.04. The van der Waals surface area contributed by atoms with E-state index < -0.39 is 0 Å². The van der Waals surface area contributed by atoms with Gasteiger partial charge >= 0.3 is 0 Å². The lowest BCUT2D eigenvalue weighted by Crippen LogP contribution is -2.43. The van der Waals surface area contributed by atoms with Crippen molar-refractivity contribution in [3.8, 4) is 0 Å². The SMILES string of the molecule is CCN(CCCNC(=O)CN1C(=O)CSc2ccccc21)c1ccccc1. The first-order chi connectivity index (χ1) is 13.2. The molecule has 2 aromatic rings. The third-order valence-corrected chi connectivity index (χ3v) is 5.59. The summed E-state index contributed by atoms with van der Waals surface area (Å²) in [5, 5.41) is 2.95. The molecule has 1 heterocycles. The van der Waals surface area contributed by atoms with Gasteiger partial charge in [0.2, 0.25) is 11.8 Å². The van der Waals surface area contributed by atoms with Gasteiger partial charge in [0.15, 0.2) is 0 Å². The molecule has 142 valence electrons. The number of nitrogens with zero attached hydrogens (tertiary/aromatic N) is 2. The second-order valence-electron chi connectivity index (χ2n) is 6.36. The van der Waals surface area contributed by atoms with E-state index in [0.29, 0.717) is 12.3 Å². The highest BCUT2D eigenvalue weighted by atomic mass is 32.2. The molecule has 0 saturated carbocycles. The molecular formula is C21H25N3O2S. The van der Waals surface area contributed by atoms with Gasteiger partial charge in [-0.05, 0) is 37.6 Å². The van der Waals surface area contributed by atoms with Crippen LogP contribution in [0.5, 0.6) is 0 Å². The Labute approximate surface area is 164 Å². The molecular weight excluding hydrogens is 358 g/mol. The molecule has 1 aliphatic heterocycles. The van der Waals surface area contributed by atoms with Gasteiger partial charge in [-0.15, -0.1) is 11.8 Å². The Hall–Kier alpha value is -2.47. The fraction of sp³-hybridized carbons (Fsp3) is 0.333. The number of hydrogen-bond donors (Lipinski definition) is 1. The smallest absolute Gasteiger partial charge is 0.240 e. The average molecular weight is 384 g/mol. The number of amides is 2. The van der Waals surface area contributed by atoms with Gasteiger partial charge in [0.25, 0.3) is 0 Å². The molecule has 0 spiro atoms. The van der Waals surface area contributed by atoms with Crippen LogP contribution in [0.3, 0.4) is 0 Å². The summed E-state index contributed by atoms with van der Waals surface area (Å²) in [4.78, 5) is 29.5.